The lowest BCUT2D eigenvalue weighted by molar-refractivity contribution is 0.286. The van der Waals surface area contributed by atoms with Crippen LogP contribution in [0.3, 0.4) is 0 Å². The van der Waals surface area contributed by atoms with Gasteiger partial charge in [-0.2, -0.15) is 0 Å². The number of hydrogen-bond acceptors (Lipinski definition) is 6. The summed E-state index contributed by atoms with van der Waals surface area (Å²) in [5.74, 6) is 1.81. The third-order valence-corrected chi connectivity index (χ3v) is 6.07. The molecule has 0 amide bonds. The second kappa shape index (κ2) is 9.97. The SMILES string of the molecule is Cc1c(SCCNCCCO)ccnc1CSc1nc2ccccc2[nH]1. The van der Waals surface area contributed by atoms with Crippen LogP contribution in [-0.4, -0.2) is 45.5 Å². The third-order valence-electron chi connectivity index (χ3n) is 4.02. The van der Waals surface area contributed by atoms with E-state index in [2.05, 4.69) is 33.3 Å². The van der Waals surface area contributed by atoms with E-state index in [0.717, 1.165) is 52.9 Å². The van der Waals surface area contributed by atoms with Gasteiger partial charge < -0.3 is 15.4 Å². The number of imidazole rings is 1. The van der Waals surface area contributed by atoms with Crippen molar-refractivity contribution in [1.82, 2.24) is 20.3 Å². The van der Waals surface area contributed by atoms with Crippen LogP contribution in [0.4, 0.5) is 0 Å². The number of H-pyrrole nitrogens is 1. The number of rotatable bonds is 10. The minimum absolute atomic E-state index is 0.246. The van der Waals surface area contributed by atoms with Crippen LogP contribution in [-0.2, 0) is 5.75 Å². The van der Waals surface area contributed by atoms with Crippen molar-refractivity contribution >= 4 is 34.6 Å². The Bertz CT molecular complexity index is 804. The molecule has 0 saturated heterocycles. The third kappa shape index (κ3) is 5.23. The fraction of sp³-hybridized carbons (Fsp3) is 0.368. The van der Waals surface area contributed by atoms with Crippen molar-refractivity contribution in [3.05, 3.63) is 47.8 Å². The molecule has 0 aliphatic carbocycles. The molecule has 0 radical (unpaired) electrons. The smallest absolute Gasteiger partial charge is 0.166 e. The molecule has 7 heteroatoms. The largest absolute Gasteiger partial charge is 0.396 e. The molecule has 0 bridgehead atoms. The van der Waals surface area contributed by atoms with Gasteiger partial charge in [-0.05, 0) is 43.7 Å². The Kier molecular flexibility index (Phi) is 7.37. The highest BCUT2D eigenvalue weighted by Gasteiger charge is 2.09. The highest BCUT2D eigenvalue weighted by molar-refractivity contribution is 7.99. The fourth-order valence-corrected chi connectivity index (χ4v) is 4.42. The van der Waals surface area contributed by atoms with Crippen LogP contribution in [0.15, 0.2) is 46.6 Å². The number of benzene rings is 1. The molecule has 3 rings (SSSR count). The van der Waals surface area contributed by atoms with Crippen molar-refractivity contribution < 1.29 is 5.11 Å². The Labute approximate surface area is 162 Å². The average Bonchev–Trinajstić information content (AvgIpc) is 3.07. The van der Waals surface area contributed by atoms with E-state index in [-0.39, 0.29) is 6.61 Å². The molecule has 0 atom stereocenters. The molecule has 0 unspecified atom stereocenters. The number of aliphatic hydroxyl groups is 1. The minimum Gasteiger partial charge on any atom is -0.396 e. The number of para-hydroxylation sites is 2. The zero-order valence-electron chi connectivity index (χ0n) is 14.9. The van der Waals surface area contributed by atoms with Gasteiger partial charge in [0.1, 0.15) is 0 Å². The summed E-state index contributed by atoms with van der Waals surface area (Å²) < 4.78 is 0. The predicted octanol–water partition coefficient (Wildman–Crippen LogP) is 3.62. The molecule has 3 aromatic rings. The van der Waals surface area contributed by atoms with E-state index in [0.29, 0.717) is 0 Å². The topological polar surface area (TPSA) is 73.8 Å². The molecule has 1 aromatic carbocycles. The van der Waals surface area contributed by atoms with Crippen LogP contribution in [0.25, 0.3) is 11.0 Å². The maximum Gasteiger partial charge on any atom is 0.166 e. The van der Waals surface area contributed by atoms with Gasteiger partial charge in [0.15, 0.2) is 5.16 Å². The standard InChI is InChI=1S/C19H24N4OS2/c1-14-17(13-26-19-22-15-5-2-3-6-16(15)23-19)21-9-7-18(14)25-12-10-20-8-4-11-24/h2-3,5-7,9,20,24H,4,8,10-13H2,1H3,(H,22,23). The summed E-state index contributed by atoms with van der Waals surface area (Å²) >= 11 is 3.53. The van der Waals surface area contributed by atoms with Crippen LogP contribution in [0, 0.1) is 6.92 Å². The Balaban J connectivity index is 1.54. The van der Waals surface area contributed by atoms with Crippen LogP contribution in [0.2, 0.25) is 0 Å². The summed E-state index contributed by atoms with van der Waals surface area (Å²) in [6, 6.07) is 10.2. The first-order chi connectivity index (χ1) is 12.8. The average molecular weight is 389 g/mol. The lowest BCUT2D eigenvalue weighted by Gasteiger charge is -2.10. The molecule has 26 heavy (non-hydrogen) atoms. The molecule has 0 spiro atoms. The Morgan fingerprint density at radius 2 is 2.04 bits per heavy atom. The van der Waals surface area contributed by atoms with Gasteiger partial charge in [-0.15, -0.1) is 11.8 Å². The zero-order chi connectivity index (χ0) is 18.2. The van der Waals surface area contributed by atoms with Crippen LogP contribution in [0.5, 0.6) is 0 Å². The summed E-state index contributed by atoms with van der Waals surface area (Å²) in [4.78, 5) is 13.8. The fourth-order valence-electron chi connectivity index (χ4n) is 2.56. The molecule has 138 valence electrons. The van der Waals surface area contributed by atoms with Gasteiger partial charge >= 0.3 is 0 Å². The van der Waals surface area contributed by atoms with Crippen molar-refractivity contribution in [2.24, 2.45) is 0 Å². The first-order valence-corrected chi connectivity index (χ1v) is 10.7. The highest BCUT2D eigenvalue weighted by Crippen LogP contribution is 2.28. The molecule has 3 N–H and O–H groups in total. The maximum atomic E-state index is 8.78. The van der Waals surface area contributed by atoms with Gasteiger partial charge in [-0.25, -0.2) is 4.98 Å². The molecule has 0 aliphatic heterocycles. The van der Waals surface area contributed by atoms with Crippen LogP contribution >= 0.6 is 23.5 Å². The van der Waals surface area contributed by atoms with Crippen molar-refractivity contribution in [2.45, 2.75) is 29.1 Å². The molecule has 5 nitrogen and oxygen atoms in total. The Hall–Kier alpha value is -1.54. The number of hydrogen-bond donors (Lipinski definition) is 3. The van der Waals surface area contributed by atoms with Crippen molar-refractivity contribution in [2.75, 3.05) is 25.4 Å². The first-order valence-electron chi connectivity index (χ1n) is 8.74. The van der Waals surface area contributed by atoms with Crippen molar-refractivity contribution in [1.29, 1.82) is 0 Å². The summed E-state index contributed by atoms with van der Waals surface area (Å²) in [6.07, 6.45) is 2.70. The Morgan fingerprint density at radius 1 is 1.15 bits per heavy atom. The van der Waals surface area contributed by atoms with Crippen molar-refractivity contribution in [3.8, 4) is 0 Å². The summed E-state index contributed by atoms with van der Waals surface area (Å²) in [6.45, 7) is 4.19. The van der Waals surface area contributed by atoms with E-state index in [1.165, 1.54) is 10.5 Å². The summed E-state index contributed by atoms with van der Waals surface area (Å²) in [7, 11) is 0. The van der Waals surface area contributed by atoms with Crippen LogP contribution in [0.1, 0.15) is 17.7 Å². The molecule has 0 saturated carbocycles. The van der Waals surface area contributed by atoms with E-state index < -0.39 is 0 Å². The summed E-state index contributed by atoms with van der Waals surface area (Å²) in [5.41, 5.74) is 4.42. The quantitative estimate of drug-likeness (QED) is 0.364. The molecular weight excluding hydrogens is 364 g/mol. The molecule has 2 heterocycles. The molecule has 0 fully saturated rings. The summed E-state index contributed by atoms with van der Waals surface area (Å²) in [5, 5.41) is 13.0. The van der Waals surface area contributed by atoms with Crippen molar-refractivity contribution in [3.63, 3.8) is 0 Å². The maximum absolute atomic E-state index is 8.78. The van der Waals surface area contributed by atoms with E-state index >= 15 is 0 Å². The highest BCUT2D eigenvalue weighted by atomic mass is 32.2. The van der Waals surface area contributed by atoms with E-state index in [9.17, 15) is 0 Å². The molecule has 2 aromatic heterocycles. The number of fused-ring (bicyclic) bond motifs is 1. The number of aliphatic hydroxyl groups excluding tert-OH is 1. The number of aromatic nitrogens is 3. The van der Waals surface area contributed by atoms with Gasteiger partial charge in [-0.1, -0.05) is 23.9 Å². The second-order valence-electron chi connectivity index (χ2n) is 5.90. The lowest BCUT2D eigenvalue weighted by Crippen LogP contribution is -2.19. The lowest BCUT2D eigenvalue weighted by atomic mass is 10.2. The van der Waals surface area contributed by atoms with E-state index in [1.807, 2.05) is 42.2 Å². The van der Waals surface area contributed by atoms with Crippen LogP contribution < -0.4 is 5.32 Å². The minimum atomic E-state index is 0.246. The van der Waals surface area contributed by atoms with Gasteiger partial charge in [0.05, 0.1) is 16.7 Å². The molecular formula is C19H24N4OS2. The second-order valence-corrected chi connectivity index (χ2v) is 8.00. The number of aromatic amines is 1. The van der Waals surface area contributed by atoms with E-state index in [1.54, 1.807) is 11.8 Å². The number of nitrogens with one attached hydrogen (secondary N) is 2. The van der Waals surface area contributed by atoms with Gasteiger partial charge in [-0.3, -0.25) is 4.98 Å². The number of thioether (sulfide) groups is 2. The van der Waals surface area contributed by atoms with Gasteiger partial charge in [0, 0.05) is 35.7 Å². The molecule has 0 aliphatic rings. The number of nitrogens with zero attached hydrogens (tertiary/aromatic N) is 2. The Morgan fingerprint density at radius 3 is 2.88 bits per heavy atom. The first kappa shape index (κ1) is 19.2. The monoisotopic (exact) mass is 388 g/mol. The normalized spacial score (nSPS) is 11.3. The predicted molar refractivity (Wildman–Crippen MR) is 110 cm³/mol. The number of pyridine rings is 1. The zero-order valence-corrected chi connectivity index (χ0v) is 16.5. The van der Waals surface area contributed by atoms with Gasteiger partial charge in [0.2, 0.25) is 0 Å². The van der Waals surface area contributed by atoms with E-state index in [4.69, 9.17) is 5.11 Å². The van der Waals surface area contributed by atoms with Gasteiger partial charge in [0.25, 0.3) is 0 Å².